The van der Waals surface area contributed by atoms with Crippen LogP contribution in [-0.4, -0.2) is 71.7 Å². The molecule has 0 atom stereocenters. The van der Waals surface area contributed by atoms with Gasteiger partial charge in [-0.3, -0.25) is 9.78 Å². The maximum absolute atomic E-state index is 13.1. The fourth-order valence-electron chi connectivity index (χ4n) is 4.65. The van der Waals surface area contributed by atoms with E-state index in [0.717, 1.165) is 40.9 Å². The molecule has 2 N–H and O–H groups in total. The van der Waals surface area contributed by atoms with Crippen molar-refractivity contribution in [1.82, 2.24) is 24.4 Å². The molecule has 3 heterocycles. The zero-order chi connectivity index (χ0) is 28.9. The first kappa shape index (κ1) is 27.6. The maximum Gasteiger partial charge on any atom is 0.257 e. The van der Waals surface area contributed by atoms with Crippen LogP contribution in [0.15, 0.2) is 79.4 Å². The van der Waals surface area contributed by atoms with Crippen LogP contribution in [0.1, 0.15) is 10.4 Å². The molecule has 5 aromatic rings. The van der Waals surface area contributed by atoms with E-state index in [-0.39, 0.29) is 5.91 Å². The number of anilines is 4. The fraction of sp³-hybridized carbons (Fsp3) is 0.226. The van der Waals surface area contributed by atoms with Crippen LogP contribution in [0.4, 0.5) is 23.0 Å². The van der Waals surface area contributed by atoms with E-state index in [1.54, 1.807) is 37.8 Å². The molecule has 10 nitrogen and oxygen atoms in total. The molecule has 10 heteroatoms. The highest BCUT2D eigenvalue weighted by Crippen LogP contribution is 2.38. The Morgan fingerprint density at radius 2 is 1.83 bits per heavy atom. The van der Waals surface area contributed by atoms with Gasteiger partial charge in [-0.2, -0.15) is 0 Å². The van der Waals surface area contributed by atoms with Gasteiger partial charge in [-0.05, 0) is 44.4 Å². The molecule has 0 radical (unpaired) electrons. The minimum absolute atomic E-state index is 0.259. The molecule has 0 saturated carbocycles. The molecule has 5 rings (SSSR count). The number of carbonyl (C=O) groups excluding carboxylic acids is 1. The zero-order valence-electron chi connectivity index (χ0n) is 23.9. The molecule has 0 aliphatic carbocycles. The summed E-state index contributed by atoms with van der Waals surface area (Å²) in [5, 5.41) is 7.49. The van der Waals surface area contributed by atoms with E-state index in [9.17, 15) is 4.79 Å². The molecule has 0 bridgehead atoms. The number of fused-ring (bicyclic) bond motifs is 1. The van der Waals surface area contributed by atoms with E-state index in [1.165, 1.54) is 0 Å². The number of para-hydroxylation sites is 1. The van der Waals surface area contributed by atoms with E-state index in [2.05, 4.69) is 53.3 Å². The van der Waals surface area contributed by atoms with Crippen LogP contribution in [0.25, 0.3) is 22.2 Å². The van der Waals surface area contributed by atoms with Crippen molar-refractivity contribution < 1.29 is 9.53 Å². The van der Waals surface area contributed by atoms with Crippen LogP contribution in [0.2, 0.25) is 0 Å². The SMILES string of the molecule is COc1cc(N(C)CCN(C)C)c(NC(=O)c2cccnc2)cc1Nc1nccc(-c2cn(C)c3ccccc23)n1. The third kappa shape index (κ3) is 6.12. The van der Waals surface area contributed by atoms with E-state index in [4.69, 9.17) is 9.72 Å². The van der Waals surface area contributed by atoms with Crippen molar-refractivity contribution in [1.29, 1.82) is 0 Å². The predicted octanol–water partition coefficient (Wildman–Crippen LogP) is 5.03. The molecule has 0 spiro atoms. The molecule has 2 aromatic carbocycles. The van der Waals surface area contributed by atoms with Crippen LogP contribution in [0.5, 0.6) is 5.75 Å². The monoisotopic (exact) mass is 550 g/mol. The summed E-state index contributed by atoms with van der Waals surface area (Å²) in [6, 6.07) is 17.3. The lowest BCUT2D eigenvalue weighted by Gasteiger charge is -2.26. The summed E-state index contributed by atoms with van der Waals surface area (Å²) in [4.78, 5) is 30.7. The number of amides is 1. The Morgan fingerprint density at radius 1 is 1.00 bits per heavy atom. The average Bonchev–Trinajstić information content (AvgIpc) is 3.33. The fourth-order valence-corrected chi connectivity index (χ4v) is 4.65. The quantitative estimate of drug-likeness (QED) is 0.250. The summed E-state index contributed by atoms with van der Waals surface area (Å²) in [5.41, 5.74) is 5.46. The Hall–Kier alpha value is -4.96. The standard InChI is InChI=1S/C31H34N8O2/c1-37(2)15-16-38(3)28-18-29(41-5)26(17-25(28)34-30(40)21-9-8-13-32-19-21)36-31-33-14-12-24(35-31)23-20-39(4)27-11-7-6-10-22(23)27/h6-14,17-20H,15-16H2,1-5H3,(H,34,40)(H,33,35,36). The largest absolute Gasteiger partial charge is 0.494 e. The van der Waals surface area contributed by atoms with Crippen LogP contribution in [-0.2, 0) is 7.05 Å². The number of pyridine rings is 1. The van der Waals surface area contributed by atoms with Crippen LogP contribution in [0, 0.1) is 0 Å². The minimum atomic E-state index is -0.259. The minimum Gasteiger partial charge on any atom is -0.494 e. The molecule has 210 valence electrons. The highest BCUT2D eigenvalue weighted by atomic mass is 16.5. The molecule has 41 heavy (non-hydrogen) atoms. The maximum atomic E-state index is 13.1. The smallest absolute Gasteiger partial charge is 0.257 e. The summed E-state index contributed by atoms with van der Waals surface area (Å²) in [6.45, 7) is 1.58. The van der Waals surface area contributed by atoms with Gasteiger partial charge in [-0.25, -0.2) is 9.97 Å². The third-order valence-corrected chi connectivity index (χ3v) is 6.86. The topological polar surface area (TPSA) is 100 Å². The van der Waals surface area contributed by atoms with Crippen molar-refractivity contribution in [3.8, 4) is 17.0 Å². The second-order valence-electron chi connectivity index (χ2n) is 10.1. The first-order valence-electron chi connectivity index (χ1n) is 13.3. The van der Waals surface area contributed by atoms with Gasteiger partial charge < -0.3 is 29.7 Å². The van der Waals surface area contributed by atoms with Crippen molar-refractivity contribution in [2.24, 2.45) is 7.05 Å². The van der Waals surface area contributed by atoms with E-state index < -0.39 is 0 Å². The molecule has 0 aliphatic heterocycles. The zero-order valence-corrected chi connectivity index (χ0v) is 23.9. The van der Waals surface area contributed by atoms with Crippen molar-refractivity contribution in [2.75, 3.05) is 56.9 Å². The molecule has 0 saturated heterocycles. The molecule has 0 unspecified atom stereocenters. The highest BCUT2D eigenvalue weighted by molar-refractivity contribution is 6.06. The number of nitrogens with zero attached hydrogens (tertiary/aromatic N) is 6. The Labute approximate surface area is 239 Å². The summed E-state index contributed by atoms with van der Waals surface area (Å²) < 4.78 is 7.86. The molecule has 0 fully saturated rings. The normalized spacial score (nSPS) is 11.1. The molecule has 1 amide bonds. The Bertz CT molecular complexity index is 1670. The molecular weight excluding hydrogens is 516 g/mol. The van der Waals surface area contributed by atoms with Crippen LogP contribution >= 0.6 is 0 Å². The number of likely N-dealkylation sites (N-methyl/N-ethyl adjacent to an activating group) is 2. The first-order chi connectivity index (χ1) is 19.8. The van der Waals surface area contributed by atoms with Gasteiger partial charge in [0.2, 0.25) is 5.95 Å². The van der Waals surface area contributed by atoms with E-state index in [0.29, 0.717) is 28.6 Å². The number of carbonyl (C=O) groups is 1. The summed E-state index contributed by atoms with van der Waals surface area (Å²) in [7, 11) is 9.68. The Morgan fingerprint density at radius 3 is 2.59 bits per heavy atom. The van der Waals surface area contributed by atoms with Gasteiger partial charge in [0, 0.05) is 74.5 Å². The van der Waals surface area contributed by atoms with Crippen molar-refractivity contribution >= 4 is 39.8 Å². The van der Waals surface area contributed by atoms with Crippen LogP contribution in [0.3, 0.4) is 0 Å². The number of hydrogen-bond acceptors (Lipinski definition) is 8. The van der Waals surface area contributed by atoms with Gasteiger partial charge in [-0.1, -0.05) is 18.2 Å². The number of nitrogens with one attached hydrogen (secondary N) is 2. The van der Waals surface area contributed by atoms with Gasteiger partial charge in [0.1, 0.15) is 5.75 Å². The number of rotatable bonds is 10. The second kappa shape index (κ2) is 12.1. The lowest BCUT2D eigenvalue weighted by molar-refractivity contribution is 0.102. The van der Waals surface area contributed by atoms with Gasteiger partial charge >= 0.3 is 0 Å². The molecular formula is C31H34N8O2. The average molecular weight is 551 g/mol. The highest BCUT2D eigenvalue weighted by Gasteiger charge is 2.18. The Balaban J connectivity index is 1.51. The number of benzene rings is 2. The number of aromatic nitrogens is 4. The summed E-state index contributed by atoms with van der Waals surface area (Å²) in [5.74, 6) is 0.743. The van der Waals surface area contributed by atoms with Gasteiger partial charge in [0.15, 0.2) is 0 Å². The van der Waals surface area contributed by atoms with Crippen molar-refractivity contribution in [3.63, 3.8) is 0 Å². The second-order valence-corrected chi connectivity index (χ2v) is 10.1. The third-order valence-electron chi connectivity index (χ3n) is 6.86. The number of ether oxygens (including phenoxy) is 1. The van der Waals surface area contributed by atoms with E-state index in [1.807, 2.05) is 58.5 Å². The van der Waals surface area contributed by atoms with Gasteiger partial charge in [0.25, 0.3) is 5.91 Å². The lowest BCUT2D eigenvalue weighted by Crippen LogP contribution is -2.29. The summed E-state index contributed by atoms with van der Waals surface area (Å²) in [6.07, 6.45) is 6.98. The number of hydrogen-bond donors (Lipinski definition) is 2. The number of methoxy groups -OCH3 is 1. The van der Waals surface area contributed by atoms with Gasteiger partial charge in [-0.15, -0.1) is 0 Å². The van der Waals surface area contributed by atoms with E-state index >= 15 is 0 Å². The number of aryl methyl sites for hydroxylation is 1. The molecule has 0 aliphatic rings. The lowest BCUT2D eigenvalue weighted by atomic mass is 10.1. The predicted molar refractivity (Wildman–Crippen MR) is 164 cm³/mol. The van der Waals surface area contributed by atoms with Crippen molar-refractivity contribution in [2.45, 2.75) is 0 Å². The van der Waals surface area contributed by atoms with Crippen LogP contribution < -0.4 is 20.3 Å². The van der Waals surface area contributed by atoms with Crippen molar-refractivity contribution in [3.05, 3.63) is 84.9 Å². The molecule has 3 aromatic heterocycles. The first-order valence-corrected chi connectivity index (χ1v) is 13.3. The summed E-state index contributed by atoms with van der Waals surface area (Å²) >= 11 is 0. The Kier molecular flexibility index (Phi) is 8.11. The van der Waals surface area contributed by atoms with Gasteiger partial charge in [0.05, 0.1) is 35.4 Å².